The fourth-order valence-electron chi connectivity index (χ4n) is 2.37. The van der Waals surface area contributed by atoms with Crippen LogP contribution in [-0.2, 0) is 4.79 Å². The van der Waals surface area contributed by atoms with E-state index < -0.39 is 11.5 Å². The maximum atomic E-state index is 13.0. The highest BCUT2D eigenvalue weighted by Crippen LogP contribution is 2.33. The number of aromatic amines is 1. The second-order valence-corrected chi connectivity index (χ2v) is 4.57. The van der Waals surface area contributed by atoms with Crippen molar-refractivity contribution in [1.29, 1.82) is 0 Å². The number of aromatic nitrogens is 2. The quantitative estimate of drug-likeness (QED) is 0.721. The van der Waals surface area contributed by atoms with Gasteiger partial charge in [-0.25, -0.2) is 4.39 Å². The molecule has 1 aromatic heterocycles. The number of nitrogens with two attached hydrogens (primary N) is 1. The maximum Gasteiger partial charge on any atom is 0.258 e. The van der Waals surface area contributed by atoms with Crippen LogP contribution in [0.1, 0.15) is 23.5 Å². The Hall–Kier alpha value is -2.70. The van der Waals surface area contributed by atoms with Crippen LogP contribution in [-0.4, -0.2) is 15.9 Å². The molecule has 2 aromatic rings. The topological polar surface area (TPSA) is 101 Å². The number of carbonyl (C=O) groups excluding carboxylic acids is 1. The number of benzene rings is 1. The van der Waals surface area contributed by atoms with Gasteiger partial charge >= 0.3 is 0 Å². The average molecular weight is 274 g/mol. The lowest BCUT2D eigenvalue weighted by atomic mass is 9.87. The summed E-state index contributed by atoms with van der Waals surface area (Å²) in [5.41, 5.74) is 6.08. The minimum Gasteiger partial charge on any atom is -0.369 e. The Kier molecular flexibility index (Phi) is 2.74. The summed E-state index contributed by atoms with van der Waals surface area (Å²) in [7, 11) is 0. The van der Waals surface area contributed by atoms with Crippen LogP contribution in [0.4, 0.5) is 16.2 Å². The van der Waals surface area contributed by atoms with E-state index in [1.165, 1.54) is 12.1 Å². The van der Waals surface area contributed by atoms with Crippen LogP contribution in [0.3, 0.4) is 0 Å². The van der Waals surface area contributed by atoms with Crippen LogP contribution in [0.15, 0.2) is 29.1 Å². The van der Waals surface area contributed by atoms with E-state index >= 15 is 0 Å². The van der Waals surface area contributed by atoms with Gasteiger partial charge in [-0.2, -0.15) is 4.98 Å². The van der Waals surface area contributed by atoms with E-state index in [0.29, 0.717) is 11.1 Å². The predicted molar refractivity (Wildman–Crippen MR) is 70.8 cm³/mol. The summed E-state index contributed by atoms with van der Waals surface area (Å²) in [5.74, 6) is -0.996. The number of H-pyrrole nitrogens is 1. The second-order valence-electron chi connectivity index (χ2n) is 4.57. The molecule has 1 aliphatic rings. The summed E-state index contributed by atoms with van der Waals surface area (Å²) in [6, 6.07) is 5.69. The molecular weight excluding hydrogens is 263 g/mol. The van der Waals surface area contributed by atoms with Crippen LogP contribution < -0.4 is 16.6 Å². The summed E-state index contributed by atoms with van der Waals surface area (Å²) in [4.78, 5) is 30.1. The molecule has 1 atom stereocenters. The first-order chi connectivity index (χ1) is 9.54. The molecule has 0 radical (unpaired) electrons. The largest absolute Gasteiger partial charge is 0.369 e. The molecule has 7 heteroatoms. The lowest BCUT2D eigenvalue weighted by Crippen LogP contribution is -2.31. The molecule has 1 aromatic carbocycles. The lowest BCUT2D eigenvalue weighted by molar-refractivity contribution is -0.116. The van der Waals surface area contributed by atoms with Crippen molar-refractivity contribution in [3.05, 3.63) is 51.6 Å². The van der Waals surface area contributed by atoms with Gasteiger partial charge in [0.2, 0.25) is 11.9 Å². The highest BCUT2D eigenvalue weighted by Gasteiger charge is 2.30. The van der Waals surface area contributed by atoms with Gasteiger partial charge in [-0.05, 0) is 17.7 Å². The van der Waals surface area contributed by atoms with Gasteiger partial charge < -0.3 is 11.1 Å². The van der Waals surface area contributed by atoms with Crippen molar-refractivity contribution in [3.8, 4) is 0 Å². The number of rotatable bonds is 1. The number of fused-ring (bicyclic) bond motifs is 1. The van der Waals surface area contributed by atoms with E-state index in [1.807, 2.05) is 0 Å². The SMILES string of the molecule is Nc1nc2c(c(=O)[nH]1)C(c1ccc(F)cc1)CC(=O)N2. The number of hydrogen-bond donors (Lipinski definition) is 3. The zero-order valence-corrected chi connectivity index (χ0v) is 10.3. The van der Waals surface area contributed by atoms with Gasteiger partial charge in [-0.15, -0.1) is 0 Å². The van der Waals surface area contributed by atoms with Crippen molar-refractivity contribution < 1.29 is 9.18 Å². The summed E-state index contributed by atoms with van der Waals surface area (Å²) in [6.45, 7) is 0. The standard InChI is InChI=1S/C13H11FN4O2/c14-7-3-1-6(2-4-7)8-5-9(19)16-11-10(8)12(20)18-13(15)17-11/h1-4,8H,5H2,(H4,15,16,17,18,19,20). The molecule has 20 heavy (non-hydrogen) atoms. The molecule has 6 nitrogen and oxygen atoms in total. The Morgan fingerprint density at radius 1 is 1.25 bits per heavy atom. The molecule has 0 fully saturated rings. The Bertz CT molecular complexity index is 739. The number of anilines is 2. The fraction of sp³-hybridized carbons (Fsp3) is 0.154. The molecule has 2 heterocycles. The Morgan fingerprint density at radius 3 is 2.65 bits per heavy atom. The third-order valence-corrected chi connectivity index (χ3v) is 3.24. The molecule has 0 spiro atoms. The van der Waals surface area contributed by atoms with Crippen LogP contribution in [0.2, 0.25) is 0 Å². The maximum absolute atomic E-state index is 13.0. The molecule has 0 saturated carbocycles. The fourth-order valence-corrected chi connectivity index (χ4v) is 2.37. The third-order valence-electron chi connectivity index (χ3n) is 3.24. The van der Waals surface area contributed by atoms with Crippen LogP contribution in [0.25, 0.3) is 0 Å². The van der Waals surface area contributed by atoms with E-state index in [9.17, 15) is 14.0 Å². The van der Waals surface area contributed by atoms with Gasteiger partial charge in [-0.1, -0.05) is 12.1 Å². The van der Waals surface area contributed by atoms with E-state index in [-0.39, 0.29) is 29.9 Å². The first-order valence-electron chi connectivity index (χ1n) is 5.99. The summed E-state index contributed by atoms with van der Waals surface area (Å²) >= 11 is 0. The number of carbonyl (C=O) groups is 1. The smallest absolute Gasteiger partial charge is 0.258 e. The molecule has 1 aliphatic heterocycles. The highest BCUT2D eigenvalue weighted by atomic mass is 19.1. The number of amides is 1. The molecule has 4 N–H and O–H groups in total. The Balaban J connectivity index is 2.17. The van der Waals surface area contributed by atoms with Crippen molar-refractivity contribution in [3.63, 3.8) is 0 Å². The number of nitrogens with one attached hydrogen (secondary N) is 2. The van der Waals surface area contributed by atoms with Crippen molar-refractivity contribution in [1.82, 2.24) is 9.97 Å². The van der Waals surface area contributed by atoms with Gasteiger partial charge in [0, 0.05) is 12.3 Å². The molecule has 1 unspecified atom stereocenters. The zero-order chi connectivity index (χ0) is 14.3. The van der Waals surface area contributed by atoms with Gasteiger partial charge in [0.25, 0.3) is 5.56 Å². The molecular formula is C13H11FN4O2. The van der Waals surface area contributed by atoms with Gasteiger partial charge in [-0.3, -0.25) is 14.6 Å². The molecule has 0 aliphatic carbocycles. The third kappa shape index (κ3) is 2.03. The van der Waals surface area contributed by atoms with Gasteiger partial charge in [0.15, 0.2) is 0 Å². The normalized spacial score (nSPS) is 17.4. The minimum absolute atomic E-state index is 0.0613. The van der Waals surface area contributed by atoms with Gasteiger partial charge in [0.05, 0.1) is 5.56 Å². The van der Waals surface area contributed by atoms with Crippen LogP contribution >= 0.6 is 0 Å². The molecule has 0 saturated heterocycles. The Labute approximate surface area is 112 Å². The first kappa shape index (κ1) is 12.3. The summed E-state index contributed by atoms with van der Waals surface area (Å²) in [6.07, 6.45) is 0.104. The first-order valence-corrected chi connectivity index (χ1v) is 5.99. The van der Waals surface area contributed by atoms with Crippen molar-refractivity contribution in [2.24, 2.45) is 0 Å². The van der Waals surface area contributed by atoms with Crippen molar-refractivity contribution >= 4 is 17.7 Å². The van der Waals surface area contributed by atoms with E-state index in [4.69, 9.17) is 5.73 Å². The van der Waals surface area contributed by atoms with E-state index in [1.54, 1.807) is 12.1 Å². The number of nitrogen functional groups attached to an aromatic ring is 1. The highest BCUT2D eigenvalue weighted by molar-refractivity contribution is 5.94. The van der Waals surface area contributed by atoms with Crippen LogP contribution in [0.5, 0.6) is 0 Å². The summed E-state index contributed by atoms with van der Waals surface area (Å²) in [5, 5.41) is 2.53. The van der Waals surface area contributed by atoms with E-state index in [0.717, 1.165) is 0 Å². The second kappa shape index (κ2) is 4.44. The minimum atomic E-state index is -0.462. The number of hydrogen-bond acceptors (Lipinski definition) is 4. The average Bonchev–Trinajstić information content (AvgIpc) is 2.37. The lowest BCUT2D eigenvalue weighted by Gasteiger charge is -2.24. The Morgan fingerprint density at radius 2 is 1.95 bits per heavy atom. The number of nitrogens with zero attached hydrogens (tertiary/aromatic N) is 1. The molecule has 1 amide bonds. The van der Waals surface area contributed by atoms with Gasteiger partial charge in [0.1, 0.15) is 11.6 Å². The van der Waals surface area contributed by atoms with E-state index in [2.05, 4.69) is 15.3 Å². The van der Waals surface area contributed by atoms with Crippen LogP contribution in [0, 0.1) is 5.82 Å². The summed E-state index contributed by atoms with van der Waals surface area (Å²) < 4.78 is 13.0. The molecule has 102 valence electrons. The number of halogens is 1. The molecule has 3 rings (SSSR count). The molecule has 0 bridgehead atoms. The predicted octanol–water partition coefficient (Wildman–Crippen LogP) is 0.965. The monoisotopic (exact) mass is 274 g/mol. The van der Waals surface area contributed by atoms with Crippen molar-refractivity contribution in [2.75, 3.05) is 11.1 Å². The zero-order valence-electron chi connectivity index (χ0n) is 10.3. The van der Waals surface area contributed by atoms with Crippen molar-refractivity contribution in [2.45, 2.75) is 12.3 Å².